The van der Waals surface area contributed by atoms with Gasteiger partial charge in [0.2, 0.25) is 5.91 Å². The number of rotatable bonds is 3. The van der Waals surface area contributed by atoms with E-state index in [0.29, 0.717) is 6.42 Å². The van der Waals surface area contributed by atoms with E-state index in [1.54, 1.807) is 11.3 Å². The van der Waals surface area contributed by atoms with Gasteiger partial charge in [0.1, 0.15) is 5.00 Å². The van der Waals surface area contributed by atoms with Crippen LogP contribution in [0.15, 0.2) is 23.6 Å². The van der Waals surface area contributed by atoms with Crippen molar-refractivity contribution in [1.82, 2.24) is 4.37 Å². The minimum absolute atomic E-state index is 0.0149. The van der Waals surface area contributed by atoms with Crippen LogP contribution in [0.4, 0.5) is 5.00 Å². The summed E-state index contributed by atoms with van der Waals surface area (Å²) in [6.45, 7) is 1.91. The van der Waals surface area contributed by atoms with Crippen LogP contribution in [0.1, 0.15) is 10.6 Å². The zero-order chi connectivity index (χ0) is 10.7. The van der Waals surface area contributed by atoms with Gasteiger partial charge in [-0.15, -0.1) is 11.3 Å². The van der Waals surface area contributed by atoms with Crippen molar-refractivity contribution in [2.24, 2.45) is 0 Å². The lowest BCUT2D eigenvalue weighted by Gasteiger charge is -1.99. The third-order valence-electron chi connectivity index (χ3n) is 1.81. The third kappa shape index (κ3) is 2.87. The highest BCUT2D eigenvalue weighted by molar-refractivity contribution is 7.10. The number of anilines is 1. The smallest absolute Gasteiger partial charge is 0.230 e. The van der Waals surface area contributed by atoms with Crippen LogP contribution in [0.3, 0.4) is 0 Å². The van der Waals surface area contributed by atoms with Gasteiger partial charge >= 0.3 is 0 Å². The average molecular weight is 238 g/mol. The number of hydrogen-bond donors (Lipinski definition) is 1. The van der Waals surface area contributed by atoms with Gasteiger partial charge in [-0.05, 0) is 36.0 Å². The SMILES string of the molecule is Cc1cc(NC(=O)Cc2cccs2)sn1. The summed E-state index contributed by atoms with van der Waals surface area (Å²) in [5, 5.41) is 5.61. The zero-order valence-electron chi connectivity index (χ0n) is 8.19. The Balaban J connectivity index is 1.93. The molecule has 2 aromatic rings. The van der Waals surface area contributed by atoms with E-state index in [2.05, 4.69) is 9.69 Å². The maximum atomic E-state index is 11.6. The van der Waals surface area contributed by atoms with Crippen molar-refractivity contribution in [2.75, 3.05) is 5.32 Å². The summed E-state index contributed by atoms with van der Waals surface area (Å²) in [6, 6.07) is 5.78. The monoisotopic (exact) mass is 238 g/mol. The molecular weight excluding hydrogens is 228 g/mol. The summed E-state index contributed by atoms with van der Waals surface area (Å²) in [7, 11) is 0. The molecule has 0 saturated heterocycles. The van der Waals surface area contributed by atoms with Gasteiger partial charge in [-0.1, -0.05) is 6.07 Å². The summed E-state index contributed by atoms with van der Waals surface area (Å²) in [5.74, 6) is 0.0149. The Morgan fingerprint density at radius 3 is 3.07 bits per heavy atom. The summed E-state index contributed by atoms with van der Waals surface area (Å²) in [6.07, 6.45) is 0.439. The Bertz CT molecular complexity index is 448. The Labute approximate surface area is 95.9 Å². The molecule has 0 unspecified atom stereocenters. The largest absolute Gasteiger partial charge is 0.316 e. The van der Waals surface area contributed by atoms with E-state index in [1.165, 1.54) is 11.5 Å². The van der Waals surface area contributed by atoms with Gasteiger partial charge < -0.3 is 5.32 Å². The fourth-order valence-electron chi connectivity index (χ4n) is 1.18. The normalized spacial score (nSPS) is 10.2. The van der Waals surface area contributed by atoms with Gasteiger partial charge in [0, 0.05) is 4.88 Å². The molecule has 1 amide bonds. The molecule has 0 bridgehead atoms. The van der Waals surface area contributed by atoms with Crippen LogP contribution >= 0.6 is 22.9 Å². The molecule has 1 N–H and O–H groups in total. The number of hydrogen-bond acceptors (Lipinski definition) is 4. The molecule has 3 nitrogen and oxygen atoms in total. The lowest BCUT2D eigenvalue weighted by atomic mass is 10.3. The first kappa shape index (κ1) is 10.3. The van der Waals surface area contributed by atoms with E-state index in [-0.39, 0.29) is 5.91 Å². The van der Waals surface area contributed by atoms with Gasteiger partial charge in [0.25, 0.3) is 0 Å². The minimum atomic E-state index is 0.0149. The minimum Gasteiger partial charge on any atom is -0.316 e. The zero-order valence-corrected chi connectivity index (χ0v) is 9.82. The Morgan fingerprint density at radius 1 is 1.60 bits per heavy atom. The van der Waals surface area contributed by atoms with E-state index in [9.17, 15) is 4.79 Å². The van der Waals surface area contributed by atoms with Crippen molar-refractivity contribution >= 4 is 33.8 Å². The fourth-order valence-corrected chi connectivity index (χ4v) is 2.56. The van der Waals surface area contributed by atoms with Crippen LogP contribution in [-0.4, -0.2) is 10.3 Å². The second-order valence-corrected chi connectivity index (χ2v) is 4.97. The van der Waals surface area contributed by atoms with Crippen LogP contribution in [-0.2, 0) is 11.2 Å². The van der Waals surface area contributed by atoms with Crippen LogP contribution in [0.25, 0.3) is 0 Å². The lowest BCUT2D eigenvalue weighted by Crippen LogP contribution is -2.12. The number of amides is 1. The Kier molecular flexibility index (Phi) is 3.13. The number of aromatic nitrogens is 1. The number of nitrogens with one attached hydrogen (secondary N) is 1. The molecule has 0 saturated carbocycles. The second kappa shape index (κ2) is 4.55. The number of carbonyl (C=O) groups is 1. The van der Waals surface area contributed by atoms with E-state index in [0.717, 1.165) is 15.6 Å². The maximum absolute atomic E-state index is 11.6. The fraction of sp³-hybridized carbons (Fsp3) is 0.200. The molecule has 0 spiro atoms. The van der Waals surface area contributed by atoms with Crippen LogP contribution in [0.5, 0.6) is 0 Å². The van der Waals surface area contributed by atoms with Crippen molar-refractivity contribution in [3.05, 3.63) is 34.2 Å². The molecule has 2 heterocycles. The second-order valence-electron chi connectivity index (χ2n) is 3.14. The molecule has 0 radical (unpaired) electrons. The van der Waals surface area contributed by atoms with Crippen molar-refractivity contribution < 1.29 is 4.79 Å². The summed E-state index contributed by atoms with van der Waals surface area (Å²) in [5.41, 5.74) is 0.937. The van der Waals surface area contributed by atoms with E-state index in [4.69, 9.17) is 0 Å². The predicted octanol–water partition coefficient (Wildman–Crippen LogP) is 2.69. The van der Waals surface area contributed by atoms with Gasteiger partial charge in [0.05, 0.1) is 12.1 Å². The molecule has 15 heavy (non-hydrogen) atoms. The third-order valence-corrected chi connectivity index (χ3v) is 3.48. The van der Waals surface area contributed by atoms with E-state index >= 15 is 0 Å². The topological polar surface area (TPSA) is 42.0 Å². The molecule has 0 aliphatic carbocycles. The van der Waals surface area contributed by atoms with Gasteiger partial charge in [0.15, 0.2) is 0 Å². The Hall–Kier alpha value is -1.20. The molecule has 0 fully saturated rings. The highest BCUT2D eigenvalue weighted by Crippen LogP contribution is 2.16. The molecule has 2 aromatic heterocycles. The number of thiophene rings is 1. The van der Waals surface area contributed by atoms with Crippen LogP contribution in [0.2, 0.25) is 0 Å². The molecule has 0 aromatic carbocycles. The number of carbonyl (C=O) groups excluding carboxylic acids is 1. The van der Waals surface area contributed by atoms with Crippen molar-refractivity contribution in [3.8, 4) is 0 Å². The quantitative estimate of drug-likeness (QED) is 0.893. The van der Waals surface area contributed by atoms with E-state index in [1.807, 2.05) is 30.5 Å². The lowest BCUT2D eigenvalue weighted by molar-refractivity contribution is -0.115. The van der Waals surface area contributed by atoms with Gasteiger partial charge in [-0.3, -0.25) is 4.79 Å². The summed E-state index contributed by atoms with van der Waals surface area (Å²) < 4.78 is 4.10. The molecule has 0 atom stereocenters. The predicted molar refractivity (Wildman–Crippen MR) is 63.5 cm³/mol. The Morgan fingerprint density at radius 2 is 2.47 bits per heavy atom. The molecule has 78 valence electrons. The number of aryl methyl sites for hydroxylation is 1. The van der Waals surface area contributed by atoms with Crippen molar-refractivity contribution in [2.45, 2.75) is 13.3 Å². The first-order chi connectivity index (χ1) is 7.24. The summed E-state index contributed by atoms with van der Waals surface area (Å²) >= 11 is 2.91. The van der Waals surface area contributed by atoms with Crippen molar-refractivity contribution in [3.63, 3.8) is 0 Å². The first-order valence-electron chi connectivity index (χ1n) is 4.49. The van der Waals surface area contributed by atoms with Gasteiger partial charge in [-0.25, -0.2) is 0 Å². The molecule has 0 aliphatic heterocycles. The van der Waals surface area contributed by atoms with E-state index < -0.39 is 0 Å². The number of nitrogens with zero attached hydrogens (tertiary/aromatic N) is 1. The standard InChI is InChI=1S/C10H10N2OS2/c1-7-5-10(15-12-7)11-9(13)6-8-3-2-4-14-8/h2-5H,6H2,1H3,(H,11,13). The highest BCUT2D eigenvalue weighted by atomic mass is 32.1. The highest BCUT2D eigenvalue weighted by Gasteiger charge is 2.06. The summed E-state index contributed by atoms with van der Waals surface area (Å²) in [4.78, 5) is 12.6. The van der Waals surface area contributed by atoms with Crippen molar-refractivity contribution in [1.29, 1.82) is 0 Å². The molecule has 0 aliphatic rings. The van der Waals surface area contributed by atoms with Crippen LogP contribution in [0, 0.1) is 6.92 Å². The maximum Gasteiger partial charge on any atom is 0.230 e. The molecular formula is C10H10N2OS2. The molecule has 2 rings (SSSR count). The average Bonchev–Trinajstić information content (AvgIpc) is 2.77. The first-order valence-corrected chi connectivity index (χ1v) is 6.15. The molecule has 5 heteroatoms. The van der Waals surface area contributed by atoms with Crippen LogP contribution < -0.4 is 5.32 Å². The van der Waals surface area contributed by atoms with Gasteiger partial charge in [-0.2, -0.15) is 4.37 Å².